The Morgan fingerprint density at radius 3 is 2.44 bits per heavy atom. The van der Waals surface area contributed by atoms with E-state index in [1.54, 1.807) is 14.2 Å². The van der Waals surface area contributed by atoms with Crippen molar-refractivity contribution in [2.75, 3.05) is 40.4 Å². The number of nitrogens with zero attached hydrogens (tertiary/aromatic N) is 2. The zero-order valence-electron chi connectivity index (χ0n) is 24.0. The van der Waals surface area contributed by atoms with Crippen LogP contribution in [0.3, 0.4) is 0 Å². The first-order valence-corrected chi connectivity index (χ1v) is 15.8. The van der Waals surface area contributed by atoms with Crippen molar-refractivity contribution >= 4 is 11.3 Å². The predicted octanol–water partition coefficient (Wildman–Crippen LogP) is 6.56. The second-order valence-electron chi connectivity index (χ2n) is 11.4. The fourth-order valence-electron chi connectivity index (χ4n) is 6.80. The molecule has 0 spiro atoms. The zero-order chi connectivity index (χ0) is 27.2. The van der Waals surface area contributed by atoms with Crippen molar-refractivity contribution in [1.82, 2.24) is 9.80 Å². The van der Waals surface area contributed by atoms with Gasteiger partial charge in [0.15, 0.2) is 11.5 Å². The molecule has 0 saturated carbocycles. The molecule has 212 valence electrons. The molecule has 0 radical (unpaired) electrons. The number of thiophene rings is 1. The number of hydrogen-bond donors (Lipinski definition) is 1. The summed E-state index contributed by atoms with van der Waals surface area (Å²) in [6.45, 7) is 7.93. The zero-order valence-corrected chi connectivity index (χ0v) is 24.8. The molecule has 2 aliphatic carbocycles. The van der Waals surface area contributed by atoms with Gasteiger partial charge in [-0.05, 0) is 112 Å². The highest BCUT2D eigenvalue weighted by Crippen LogP contribution is 2.40. The first-order valence-electron chi connectivity index (χ1n) is 14.9. The average Bonchev–Trinajstić information content (AvgIpc) is 3.25. The van der Waals surface area contributed by atoms with Crippen LogP contribution in [0.1, 0.15) is 59.9 Å². The third-order valence-electron chi connectivity index (χ3n) is 9.02. The van der Waals surface area contributed by atoms with Crippen LogP contribution in [0.4, 0.5) is 0 Å². The maximum atomic E-state index is 9.97. The Hall–Kier alpha value is -2.28. The normalized spacial score (nSPS) is 24.1. The van der Waals surface area contributed by atoms with E-state index in [0.717, 1.165) is 50.3 Å². The molecule has 1 aromatic heterocycles. The lowest BCUT2D eigenvalue weighted by Crippen LogP contribution is -2.44. The Labute approximate surface area is 239 Å². The molecule has 1 N–H and O–H groups in total. The lowest BCUT2D eigenvalue weighted by Gasteiger charge is -2.41. The summed E-state index contributed by atoms with van der Waals surface area (Å²) in [6.07, 6.45) is 14.4. The number of ether oxygens (including phenoxy) is 2. The van der Waals surface area contributed by atoms with E-state index < -0.39 is 0 Å². The van der Waals surface area contributed by atoms with Crippen molar-refractivity contribution < 1.29 is 14.6 Å². The van der Waals surface area contributed by atoms with E-state index >= 15 is 0 Å². The van der Waals surface area contributed by atoms with Crippen LogP contribution < -0.4 is 0 Å². The van der Waals surface area contributed by atoms with Gasteiger partial charge in [-0.3, -0.25) is 4.90 Å². The SMILES string of the molecule is CCN(Cc1ccc(CCN2CCCCCC2)s1)C1C=C(OC)C(OC)=CC1[C@@H]1CCc2cc(O)ccc2C1. The number of phenolic OH excluding ortho intramolecular Hbond substituents is 1. The first-order chi connectivity index (χ1) is 19.1. The van der Waals surface area contributed by atoms with E-state index in [-0.39, 0.29) is 6.04 Å². The summed E-state index contributed by atoms with van der Waals surface area (Å²) in [4.78, 5) is 8.23. The summed E-state index contributed by atoms with van der Waals surface area (Å²) in [5, 5.41) is 9.97. The lowest BCUT2D eigenvalue weighted by molar-refractivity contribution is 0.133. The highest BCUT2D eigenvalue weighted by Gasteiger charge is 2.37. The van der Waals surface area contributed by atoms with Crippen molar-refractivity contribution in [3.8, 4) is 5.75 Å². The largest absolute Gasteiger partial charge is 0.508 e. The maximum absolute atomic E-state index is 9.97. The molecule has 2 heterocycles. The van der Waals surface area contributed by atoms with Crippen LogP contribution in [0.5, 0.6) is 5.75 Å². The van der Waals surface area contributed by atoms with Crippen LogP contribution in [0.2, 0.25) is 0 Å². The maximum Gasteiger partial charge on any atom is 0.158 e. The van der Waals surface area contributed by atoms with E-state index in [1.807, 2.05) is 23.5 Å². The van der Waals surface area contributed by atoms with Crippen LogP contribution >= 0.6 is 11.3 Å². The van der Waals surface area contributed by atoms with Crippen molar-refractivity contribution in [2.45, 2.75) is 70.9 Å². The molecule has 2 aromatic rings. The molecular formula is C33H46N2O3S. The molecule has 5 nitrogen and oxygen atoms in total. The van der Waals surface area contributed by atoms with E-state index in [1.165, 1.54) is 66.2 Å². The molecule has 0 bridgehead atoms. The first kappa shape index (κ1) is 28.3. The van der Waals surface area contributed by atoms with Crippen molar-refractivity contribution in [1.29, 1.82) is 0 Å². The van der Waals surface area contributed by atoms with Gasteiger partial charge in [-0.15, -0.1) is 11.3 Å². The smallest absolute Gasteiger partial charge is 0.158 e. The second kappa shape index (κ2) is 13.4. The highest BCUT2D eigenvalue weighted by molar-refractivity contribution is 7.11. The summed E-state index contributed by atoms with van der Waals surface area (Å²) in [7, 11) is 3.48. The van der Waals surface area contributed by atoms with Crippen molar-refractivity contribution in [2.24, 2.45) is 11.8 Å². The third kappa shape index (κ3) is 6.90. The Balaban J connectivity index is 1.31. The van der Waals surface area contributed by atoms with Gasteiger partial charge in [0.25, 0.3) is 0 Å². The summed E-state index contributed by atoms with van der Waals surface area (Å²) in [5.74, 6) is 2.90. The molecule has 1 aromatic carbocycles. The number of benzene rings is 1. The van der Waals surface area contributed by atoms with Gasteiger partial charge in [0.05, 0.1) is 14.2 Å². The van der Waals surface area contributed by atoms with E-state index in [9.17, 15) is 5.11 Å². The molecular weight excluding hydrogens is 504 g/mol. The van der Waals surface area contributed by atoms with Gasteiger partial charge in [-0.25, -0.2) is 0 Å². The molecule has 6 heteroatoms. The minimum Gasteiger partial charge on any atom is -0.508 e. The summed E-state index contributed by atoms with van der Waals surface area (Å²) >= 11 is 1.99. The van der Waals surface area contributed by atoms with Gasteiger partial charge in [0.1, 0.15) is 5.75 Å². The number of hydrogen-bond acceptors (Lipinski definition) is 6. The molecule has 1 saturated heterocycles. The molecule has 5 rings (SSSR count). The van der Waals surface area contributed by atoms with Crippen molar-refractivity contribution in [3.05, 3.63) is 74.9 Å². The number of methoxy groups -OCH3 is 2. The molecule has 1 aliphatic heterocycles. The van der Waals surface area contributed by atoms with Gasteiger partial charge >= 0.3 is 0 Å². The van der Waals surface area contributed by atoms with E-state index in [0.29, 0.717) is 17.6 Å². The monoisotopic (exact) mass is 550 g/mol. The Kier molecular flexibility index (Phi) is 9.70. The van der Waals surface area contributed by atoms with E-state index in [2.05, 4.69) is 47.1 Å². The van der Waals surface area contributed by atoms with Crippen LogP contribution in [-0.4, -0.2) is 61.3 Å². The minimum atomic E-state index is 0.246. The standard InChI is InChI=1S/C33H46N2O3S/c1-4-35(23-29-14-13-28(39-29)15-18-34-16-7-5-6-8-17-34)31-22-33(38-3)32(37-2)21-30(31)26-10-9-25-20-27(36)12-11-24(25)19-26/h11-14,20-22,26,30-31,36H,4-10,15-19,23H2,1-3H3/t26-,30?,31?/m1/s1. The minimum absolute atomic E-state index is 0.246. The van der Waals surface area contributed by atoms with Crippen LogP contribution in [-0.2, 0) is 35.3 Å². The lowest BCUT2D eigenvalue weighted by atomic mass is 9.72. The predicted molar refractivity (Wildman–Crippen MR) is 160 cm³/mol. The number of aromatic hydroxyl groups is 1. The third-order valence-corrected chi connectivity index (χ3v) is 10.2. The molecule has 39 heavy (non-hydrogen) atoms. The Bertz CT molecular complexity index is 1150. The Morgan fingerprint density at radius 2 is 1.69 bits per heavy atom. The highest BCUT2D eigenvalue weighted by atomic mass is 32.1. The van der Waals surface area contributed by atoms with Gasteiger partial charge in [-0.2, -0.15) is 0 Å². The number of aryl methyl sites for hydroxylation is 1. The number of phenols is 1. The quantitative estimate of drug-likeness (QED) is 0.363. The van der Waals surface area contributed by atoms with E-state index in [4.69, 9.17) is 9.47 Å². The average molecular weight is 551 g/mol. The number of likely N-dealkylation sites (tertiary alicyclic amines) is 1. The van der Waals surface area contributed by atoms with Crippen LogP contribution in [0.15, 0.2) is 54.0 Å². The fourth-order valence-corrected chi connectivity index (χ4v) is 7.83. The molecule has 0 amide bonds. The number of likely N-dealkylation sites (N-methyl/N-ethyl adjacent to an activating group) is 1. The van der Waals surface area contributed by atoms with Crippen molar-refractivity contribution in [3.63, 3.8) is 0 Å². The summed E-state index contributed by atoms with van der Waals surface area (Å²) in [6, 6.07) is 10.8. The molecule has 1 fully saturated rings. The molecule has 2 unspecified atom stereocenters. The summed E-state index contributed by atoms with van der Waals surface area (Å²) in [5.41, 5.74) is 2.66. The number of rotatable bonds is 10. The summed E-state index contributed by atoms with van der Waals surface area (Å²) < 4.78 is 11.6. The number of fused-ring (bicyclic) bond motifs is 1. The molecule has 3 atom stereocenters. The van der Waals surface area contributed by atoms with Crippen LogP contribution in [0.25, 0.3) is 0 Å². The van der Waals surface area contributed by atoms with Gasteiger partial charge < -0.3 is 19.5 Å². The Morgan fingerprint density at radius 1 is 0.949 bits per heavy atom. The van der Waals surface area contributed by atoms with Crippen LogP contribution in [0, 0.1) is 11.8 Å². The van der Waals surface area contributed by atoms with Gasteiger partial charge in [0.2, 0.25) is 0 Å². The topological polar surface area (TPSA) is 45.2 Å². The molecule has 3 aliphatic rings. The van der Waals surface area contributed by atoms with Gasteiger partial charge in [-0.1, -0.05) is 25.8 Å². The fraction of sp³-hybridized carbons (Fsp3) is 0.576. The van der Waals surface area contributed by atoms with Gasteiger partial charge in [0, 0.05) is 34.8 Å². The second-order valence-corrected chi connectivity index (χ2v) is 12.7.